The van der Waals surface area contributed by atoms with Crippen LogP contribution in [0.4, 0.5) is 5.69 Å². The molecule has 0 aliphatic rings. The first-order valence-corrected chi connectivity index (χ1v) is 6.21. The second-order valence-electron chi connectivity index (χ2n) is 4.32. The monoisotopic (exact) mass is 299 g/mol. The molecule has 0 aliphatic heterocycles. The number of nitrogens with two attached hydrogens (primary N) is 1. The van der Waals surface area contributed by atoms with Gasteiger partial charge in [0.15, 0.2) is 5.69 Å². The zero-order valence-corrected chi connectivity index (χ0v) is 12.0. The summed E-state index contributed by atoms with van der Waals surface area (Å²) < 4.78 is 10.8. The highest BCUT2D eigenvalue weighted by molar-refractivity contribution is 5.96. The second-order valence-corrected chi connectivity index (χ2v) is 4.32. The van der Waals surface area contributed by atoms with Crippen molar-refractivity contribution in [2.24, 2.45) is 0 Å². The molecule has 1 aromatic carbocycles. The summed E-state index contributed by atoms with van der Waals surface area (Å²) in [5.41, 5.74) is 7.01. The number of carbonyl (C=O) groups is 2. The minimum atomic E-state index is -0.656. The largest absolute Gasteiger partial charge is 0.465 e. The molecule has 0 unspecified atom stereocenters. The molecule has 0 atom stereocenters. The smallest absolute Gasteiger partial charge is 0.357 e. The van der Waals surface area contributed by atoms with Gasteiger partial charge < -0.3 is 19.8 Å². The van der Waals surface area contributed by atoms with Crippen LogP contribution >= 0.6 is 0 Å². The summed E-state index contributed by atoms with van der Waals surface area (Å²) in [4.78, 5) is 23.3. The molecule has 0 saturated heterocycles. The molecule has 22 heavy (non-hydrogen) atoms. The summed E-state index contributed by atoms with van der Waals surface area (Å²) >= 11 is 0. The summed E-state index contributed by atoms with van der Waals surface area (Å²) in [5.74, 6) is -1.12. The molecule has 7 heteroatoms. The summed E-state index contributed by atoms with van der Waals surface area (Å²) in [6.45, 7) is 0. The molecule has 1 heterocycles. The maximum Gasteiger partial charge on any atom is 0.357 e. The molecule has 0 saturated carbocycles. The van der Waals surface area contributed by atoms with Crippen LogP contribution in [0, 0.1) is 11.3 Å². The average molecular weight is 299 g/mol. The van der Waals surface area contributed by atoms with Crippen LogP contribution in [0.25, 0.3) is 5.69 Å². The molecule has 0 bridgehead atoms. The van der Waals surface area contributed by atoms with Crippen molar-refractivity contribution in [2.45, 2.75) is 0 Å². The van der Waals surface area contributed by atoms with Crippen molar-refractivity contribution in [3.8, 4) is 11.8 Å². The lowest BCUT2D eigenvalue weighted by Gasteiger charge is -2.09. The van der Waals surface area contributed by atoms with E-state index in [0.29, 0.717) is 11.3 Å². The Hall–Kier alpha value is -3.27. The van der Waals surface area contributed by atoms with Gasteiger partial charge in [0.25, 0.3) is 0 Å². The minimum Gasteiger partial charge on any atom is -0.465 e. The normalized spacial score (nSPS) is 9.86. The van der Waals surface area contributed by atoms with E-state index in [9.17, 15) is 9.59 Å². The average Bonchev–Trinajstić information content (AvgIpc) is 2.90. The number of aromatic nitrogens is 1. The van der Waals surface area contributed by atoms with Crippen molar-refractivity contribution >= 4 is 17.6 Å². The Morgan fingerprint density at radius 2 is 1.73 bits per heavy atom. The number of nitrogens with zero attached hydrogens (tertiary/aromatic N) is 2. The molecule has 2 N–H and O–H groups in total. The van der Waals surface area contributed by atoms with Gasteiger partial charge in [-0.3, -0.25) is 0 Å². The fraction of sp³-hybridized carbons (Fsp3) is 0.133. The number of ether oxygens (including phenoxy) is 2. The first kappa shape index (κ1) is 15.1. The van der Waals surface area contributed by atoms with Gasteiger partial charge >= 0.3 is 11.9 Å². The number of hydrogen-bond donors (Lipinski definition) is 1. The van der Waals surface area contributed by atoms with E-state index in [1.165, 1.54) is 25.0 Å². The Labute approximate surface area is 126 Å². The highest BCUT2D eigenvalue weighted by Gasteiger charge is 2.21. The molecular weight excluding hydrogens is 286 g/mol. The van der Waals surface area contributed by atoms with Crippen LogP contribution in [0.1, 0.15) is 26.4 Å². The molecule has 0 fully saturated rings. The first-order valence-electron chi connectivity index (χ1n) is 6.21. The Morgan fingerprint density at radius 3 is 2.23 bits per heavy atom. The van der Waals surface area contributed by atoms with Crippen LogP contribution in [-0.2, 0) is 9.47 Å². The van der Waals surface area contributed by atoms with Gasteiger partial charge in [-0.2, -0.15) is 5.26 Å². The van der Waals surface area contributed by atoms with E-state index < -0.39 is 11.9 Å². The predicted octanol–water partition coefficient (Wildman–Crippen LogP) is 1.50. The number of anilines is 1. The van der Waals surface area contributed by atoms with Gasteiger partial charge in [-0.05, 0) is 24.3 Å². The Bertz CT molecular complexity index is 769. The van der Waals surface area contributed by atoms with E-state index in [0.717, 1.165) is 0 Å². The van der Waals surface area contributed by atoms with Crippen molar-refractivity contribution in [3.63, 3.8) is 0 Å². The van der Waals surface area contributed by atoms with Gasteiger partial charge in [-0.1, -0.05) is 0 Å². The highest BCUT2D eigenvalue weighted by atomic mass is 16.5. The lowest BCUT2D eigenvalue weighted by atomic mass is 10.2. The Kier molecular flexibility index (Phi) is 4.13. The maximum absolute atomic E-state index is 11.9. The molecule has 0 spiro atoms. The van der Waals surface area contributed by atoms with Gasteiger partial charge in [0.05, 0.1) is 31.0 Å². The van der Waals surface area contributed by atoms with Crippen molar-refractivity contribution < 1.29 is 19.1 Å². The number of hydrogen-bond acceptors (Lipinski definition) is 6. The van der Waals surface area contributed by atoms with E-state index in [-0.39, 0.29) is 16.9 Å². The predicted molar refractivity (Wildman–Crippen MR) is 77.6 cm³/mol. The topological polar surface area (TPSA) is 107 Å². The quantitative estimate of drug-likeness (QED) is 0.861. The van der Waals surface area contributed by atoms with Crippen LogP contribution in [0.2, 0.25) is 0 Å². The van der Waals surface area contributed by atoms with E-state index in [1.54, 1.807) is 24.3 Å². The van der Waals surface area contributed by atoms with Crippen molar-refractivity contribution in [1.82, 2.24) is 4.57 Å². The molecule has 1 aromatic heterocycles. The summed E-state index contributed by atoms with van der Waals surface area (Å²) in [5, 5.41) is 9.05. The Balaban J connectivity index is 2.55. The second kappa shape index (κ2) is 6.01. The molecule has 0 radical (unpaired) electrons. The van der Waals surface area contributed by atoms with Crippen LogP contribution < -0.4 is 5.73 Å². The molecule has 2 rings (SSSR count). The number of rotatable bonds is 3. The molecule has 2 aromatic rings. The highest BCUT2D eigenvalue weighted by Crippen LogP contribution is 2.24. The SMILES string of the molecule is COC(=O)c1ccc(-n2cc(C#N)c(N)c2C(=O)OC)cc1. The summed E-state index contributed by atoms with van der Waals surface area (Å²) in [6, 6.07) is 8.23. The van der Waals surface area contributed by atoms with E-state index in [1.807, 2.05) is 6.07 Å². The molecule has 0 amide bonds. The van der Waals surface area contributed by atoms with Crippen LogP contribution in [0.5, 0.6) is 0 Å². The summed E-state index contributed by atoms with van der Waals surface area (Å²) in [6.07, 6.45) is 1.44. The van der Waals surface area contributed by atoms with Crippen LogP contribution in [0.15, 0.2) is 30.5 Å². The molecule has 0 aliphatic carbocycles. The van der Waals surface area contributed by atoms with E-state index in [2.05, 4.69) is 4.74 Å². The van der Waals surface area contributed by atoms with Gasteiger partial charge in [-0.25, -0.2) is 9.59 Å². The van der Waals surface area contributed by atoms with Gasteiger partial charge in [-0.15, -0.1) is 0 Å². The van der Waals surface area contributed by atoms with Crippen molar-refractivity contribution in [1.29, 1.82) is 5.26 Å². The minimum absolute atomic E-state index is 0.0476. The van der Waals surface area contributed by atoms with E-state index in [4.69, 9.17) is 15.7 Å². The van der Waals surface area contributed by atoms with Gasteiger partial charge in [0, 0.05) is 11.9 Å². The number of benzene rings is 1. The summed E-state index contributed by atoms with van der Waals surface area (Å²) in [7, 11) is 2.52. The number of esters is 2. The lowest BCUT2D eigenvalue weighted by molar-refractivity contribution is 0.0586. The fourth-order valence-corrected chi connectivity index (χ4v) is 1.99. The third kappa shape index (κ3) is 2.50. The number of methoxy groups -OCH3 is 2. The van der Waals surface area contributed by atoms with Gasteiger partial charge in [0.1, 0.15) is 6.07 Å². The number of nitrogen functional groups attached to an aromatic ring is 1. The maximum atomic E-state index is 11.9. The lowest BCUT2D eigenvalue weighted by Crippen LogP contribution is -2.11. The van der Waals surface area contributed by atoms with Crippen LogP contribution in [-0.4, -0.2) is 30.7 Å². The zero-order chi connectivity index (χ0) is 16.3. The fourth-order valence-electron chi connectivity index (χ4n) is 1.99. The van der Waals surface area contributed by atoms with Crippen molar-refractivity contribution in [3.05, 3.63) is 47.3 Å². The number of nitriles is 1. The molecule has 112 valence electrons. The third-order valence-electron chi connectivity index (χ3n) is 3.11. The molecular formula is C15H13N3O4. The molecule has 7 nitrogen and oxygen atoms in total. The first-order chi connectivity index (χ1) is 10.5. The van der Waals surface area contributed by atoms with Gasteiger partial charge in [0.2, 0.25) is 0 Å². The Morgan fingerprint density at radius 1 is 1.14 bits per heavy atom. The van der Waals surface area contributed by atoms with E-state index >= 15 is 0 Å². The third-order valence-corrected chi connectivity index (χ3v) is 3.11. The van der Waals surface area contributed by atoms with Crippen LogP contribution in [0.3, 0.4) is 0 Å². The number of carbonyl (C=O) groups excluding carboxylic acids is 2. The zero-order valence-electron chi connectivity index (χ0n) is 12.0. The van der Waals surface area contributed by atoms with Crippen molar-refractivity contribution in [2.75, 3.05) is 20.0 Å². The standard InChI is InChI=1S/C15H13N3O4/c1-21-14(19)9-3-5-11(6-4-9)18-8-10(7-16)12(17)13(18)15(20)22-2/h3-6,8H,17H2,1-2H3.